The molecule has 0 atom stereocenters. The molecule has 0 bridgehead atoms. The van der Waals surface area contributed by atoms with E-state index in [1.165, 1.54) is 0 Å². The minimum atomic E-state index is 0.0297. The highest BCUT2D eigenvalue weighted by Crippen LogP contribution is 2.19. The molecule has 1 aliphatic heterocycles. The minimum Gasteiger partial charge on any atom is -0.479 e. The number of hydrogen-bond acceptors (Lipinski definition) is 4. The number of amides is 1. The molecule has 1 aromatic carbocycles. The van der Waals surface area contributed by atoms with Gasteiger partial charge in [-0.1, -0.05) is 0 Å². The molecule has 1 amide bonds. The predicted octanol–water partition coefficient (Wildman–Crippen LogP) is 2.31. The van der Waals surface area contributed by atoms with Crippen LogP contribution in [-0.4, -0.2) is 25.6 Å². The SMILES string of the molecule is N#CCOc1ccc(NC(=O)CCC2CCNCC2)cc1. The molecule has 0 unspecified atom stereocenters. The van der Waals surface area contributed by atoms with Crippen LogP contribution in [0.25, 0.3) is 0 Å². The maximum absolute atomic E-state index is 11.9. The molecule has 1 saturated heterocycles. The van der Waals surface area contributed by atoms with Crippen molar-refractivity contribution in [1.82, 2.24) is 5.32 Å². The van der Waals surface area contributed by atoms with Crippen molar-refractivity contribution < 1.29 is 9.53 Å². The Balaban J connectivity index is 1.73. The molecule has 5 nitrogen and oxygen atoms in total. The zero-order chi connectivity index (χ0) is 14.9. The summed E-state index contributed by atoms with van der Waals surface area (Å²) in [5.41, 5.74) is 0.759. The fourth-order valence-corrected chi connectivity index (χ4v) is 2.48. The number of ether oxygens (including phenoxy) is 1. The van der Waals surface area contributed by atoms with Crippen molar-refractivity contribution in [3.63, 3.8) is 0 Å². The van der Waals surface area contributed by atoms with Gasteiger partial charge >= 0.3 is 0 Å². The van der Waals surface area contributed by atoms with Gasteiger partial charge in [0.15, 0.2) is 6.61 Å². The monoisotopic (exact) mass is 287 g/mol. The summed E-state index contributed by atoms with van der Waals surface area (Å²) in [4.78, 5) is 11.9. The lowest BCUT2D eigenvalue weighted by atomic mass is 9.93. The van der Waals surface area contributed by atoms with E-state index in [4.69, 9.17) is 10.00 Å². The second-order valence-corrected chi connectivity index (χ2v) is 5.25. The van der Waals surface area contributed by atoms with E-state index in [-0.39, 0.29) is 12.5 Å². The van der Waals surface area contributed by atoms with Crippen molar-refractivity contribution in [2.24, 2.45) is 5.92 Å². The smallest absolute Gasteiger partial charge is 0.224 e. The molecule has 0 aliphatic carbocycles. The molecule has 1 aliphatic rings. The van der Waals surface area contributed by atoms with Crippen LogP contribution >= 0.6 is 0 Å². The summed E-state index contributed by atoms with van der Waals surface area (Å²) >= 11 is 0. The molecule has 1 heterocycles. The van der Waals surface area contributed by atoms with E-state index >= 15 is 0 Å². The molecule has 2 N–H and O–H groups in total. The first kappa shape index (κ1) is 15.3. The molecule has 5 heteroatoms. The van der Waals surface area contributed by atoms with Crippen LogP contribution in [-0.2, 0) is 4.79 Å². The third kappa shape index (κ3) is 5.44. The largest absolute Gasteiger partial charge is 0.479 e. The van der Waals surface area contributed by atoms with E-state index in [1.54, 1.807) is 24.3 Å². The summed E-state index contributed by atoms with van der Waals surface area (Å²) in [6.07, 6.45) is 3.85. The molecule has 2 rings (SSSR count). The average Bonchev–Trinajstić information content (AvgIpc) is 2.53. The standard InChI is InChI=1S/C16H21N3O2/c17-9-12-21-15-4-2-14(3-5-15)19-16(20)6-1-13-7-10-18-11-8-13/h2-5,13,18H,1,6-8,10-12H2,(H,19,20). The number of anilines is 1. The van der Waals surface area contributed by atoms with Crippen molar-refractivity contribution in [2.45, 2.75) is 25.7 Å². The van der Waals surface area contributed by atoms with Crippen molar-refractivity contribution >= 4 is 11.6 Å². The summed E-state index contributed by atoms with van der Waals surface area (Å²) in [6.45, 7) is 2.16. The first-order valence-corrected chi connectivity index (χ1v) is 7.38. The van der Waals surface area contributed by atoms with E-state index < -0.39 is 0 Å². The van der Waals surface area contributed by atoms with Gasteiger partial charge < -0.3 is 15.4 Å². The van der Waals surface area contributed by atoms with E-state index in [0.29, 0.717) is 18.1 Å². The highest BCUT2D eigenvalue weighted by atomic mass is 16.5. The molecule has 1 fully saturated rings. The topological polar surface area (TPSA) is 74.1 Å². The number of nitrogens with zero attached hydrogens (tertiary/aromatic N) is 1. The molecule has 0 radical (unpaired) electrons. The van der Waals surface area contributed by atoms with Crippen LogP contribution in [0.3, 0.4) is 0 Å². The Bertz CT molecular complexity index is 487. The summed E-state index contributed by atoms with van der Waals surface area (Å²) < 4.78 is 5.16. The van der Waals surface area contributed by atoms with Crippen LogP contribution in [0.15, 0.2) is 24.3 Å². The maximum Gasteiger partial charge on any atom is 0.224 e. The van der Waals surface area contributed by atoms with Crippen molar-refractivity contribution in [3.8, 4) is 11.8 Å². The number of rotatable bonds is 6. The lowest BCUT2D eigenvalue weighted by molar-refractivity contribution is -0.116. The van der Waals surface area contributed by atoms with Gasteiger partial charge in [0.1, 0.15) is 11.8 Å². The van der Waals surface area contributed by atoms with Crippen LogP contribution < -0.4 is 15.4 Å². The Morgan fingerprint density at radius 2 is 2.05 bits per heavy atom. The van der Waals surface area contributed by atoms with Crippen LogP contribution in [0.5, 0.6) is 5.75 Å². The van der Waals surface area contributed by atoms with Gasteiger partial charge in [0.2, 0.25) is 5.91 Å². The van der Waals surface area contributed by atoms with Gasteiger partial charge in [0.25, 0.3) is 0 Å². The van der Waals surface area contributed by atoms with Crippen LogP contribution in [0.1, 0.15) is 25.7 Å². The van der Waals surface area contributed by atoms with E-state index in [0.717, 1.165) is 38.0 Å². The summed E-state index contributed by atoms with van der Waals surface area (Å²) in [6, 6.07) is 8.99. The fourth-order valence-electron chi connectivity index (χ4n) is 2.48. The molecule has 21 heavy (non-hydrogen) atoms. The van der Waals surface area contributed by atoms with Gasteiger partial charge in [-0.3, -0.25) is 4.79 Å². The van der Waals surface area contributed by atoms with Gasteiger partial charge in [-0.25, -0.2) is 0 Å². The number of hydrogen-bond donors (Lipinski definition) is 2. The Hall–Kier alpha value is -2.06. The average molecular weight is 287 g/mol. The minimum absolute atomic E-state index is 0.0297. The predicted molar refractivity (Wildman–Crippen MR) is 81.0 cm³/mol. The number of nitrogens with one attached hydrogen (secondary N) is 2. The number of carbonyl (C=O) groups excluding carboxylic acids is 1. The van der Waals surface area contributed by atoms with Gasteiger partial charge in [0, 0.05) is 12.1 Å². The molecule has 0 saturated carbocycles. The third-order valence-corrected chi connectivity index (χ3v) is 3.68. The van der Waals surface area contributed by atoms with E-state index in [1.807, 2.05) is 6.07 Å². The highest BCUT2D eigenvalue weighted by Gasteiger charge is 2.14. The molecular weight excluding hydrogens is 266 g/mol. The normalized spacial score (nSPS) is 15.2. The van der Waals surface area contributed by atoms with Crippen LogP contribution in [0, 0.1) is 17.2 Å². The van der Waals surface area contributed by atoms with Crippen molar-refractivity contribution in [1.29, 1.82) is 5.26 Å². The Kier molecular flexibility index (Phi) is 6.04. The number of benzene rings is 1. The second kappa shape index (κ2) is 8.28. The van der Waals surface area contributed by atoms with E-state index in [9.17, 15) is 4.79 Å². The van der Waals surface area contributed by atoms with Crippen LogP contribution in [0.4, 0.5) is 5.69 Å². The number of piperidine rings is 1. The van der Waals surface area contributed by atoms with Crippen molar-refractivity contribution in [3.05, 3.63) is 24.3 Å². The molecule has 0 spiro atoms. The second-order valence-electron chi connectivity index (χ2n) is 5.25. The molecule has 0 aromatic heterocycles. The van der Waals surface area contributed by atoms with Gasteiger partial charge in [-0.2, -0.15) is 5.26 Å². The quantitative estimate of drug-likeness (QED) is 0.842. The third-order valence-electron chi connectivity index (χ3n) is 3.68. The summed E-state index contributed by atoms with van der Waals surface area (Å²) in [7, 11) is 0. The van der Waals surface area contributed by atoms with Crippen LogP contribution in [0.2, 0.25) is 0 Å². The van der Waals surface area contributed by atoms with Gasteiger partial charge in [-0.15, -0.1) is 0 Å². The Labute approximate surface area is 125 Å². The van der Waals surface area contributed by atoms with E-state index in [2.05, 4.69) is 10.6 Å². The summed E-state index contributed by atoms with van der Waals surface area (Å²) in [5, 5.41) is 14.7. The lowest BCUT2D eigenvalue weighted by Gasteiger charge is -2.22. The Morgan fingerprint density at radius 3 is 2.71 bits per heavy atom. The Morgan fingerprint density at radius 1 is 1.33 bits per heavy atom. The summed E-state index contributed by atoms with van der Waals surface area (Å²) in [5.74, 6) is 1.35. The van der Waals surface area contributed by atoms with Gasteiger partial charge in [-0.05, 0) is 62.5 Å². The first-order valence-electron chi connectivity index (χ1n) is 7.38. The molecule has 1 aromatic rings. The molecule has 112 valence electrons. The first-order chi connectivity index (χ1) is 10.3. The number of carbonyl (C=O) groups is 1. The highest BCUT2D eigenvalue weighted by molar-refractivity contribution is 5.90. The molecular formula is C16H21N3O2. The van der Waals surface area contributed by atoms with Gasteiger partial charge in [0.05, 0.1) is 0 Å². The lowest BCUT2D eigenvalue weighted by Crippen LogP contribution is -2.28. The van der Waals surface area contributed by atoms with Crippen molar-refractivity contribution in [2.75, 3.05) is 25.0 Å². The fraction of sp³-hybridized carbons (Fsp3) is 0.500. The zero-order valence-electron chi connectivity index (χ0n) is 12.1. The zero-order valence-corrected chi connectivity index (χ0v) is 12.1. The maximum atomic E-state index is 11.9. The number of nitriles is 1.